The van der Waals surface area contributed by atoms with Gasteiger partial charge in [0.2, 0.25) is 0 Å². The highest BCUT2D eigenvalue weighted by Crippen LogP contribution is 2.18. The molecule has 1 atom stereocenters. The smallest absolute Gasteiger partial charge is 0.291 e. The monoisotopic (exact) mass is 427 g/mol. The molecule has 2 aromatic heterocycles. The average molecular weight is 428 g/mol. The first-order chi connectivity index (χ1) is 15.1. The third-order valence-electron chi connectivity index (χ3n) is 6.26. The van der Waals surface area contributed by atoms with Gasteiger partial charge in [-0.1, -0.05) is 6.92 Å². The van der Waals surface area contributed by atoms with E-state index in [0.717, 1.165) is 64.1 Å². The first kappa shape index (κ1) is 21.8. The van der Waals surface area contributed by atoms with Gasteiger partial charge in [-0.3, -0.25) is 9.69 Å². The molecule has 1 amide bonds. The Morgan fingerprint density at radius 1 is 1.13 bits per heavy atom. The molecule has 4 rings (SSSR count). The highest BCUT2D eigenvalue weighted by molar-refractivity contribution is 6.02. The van der Waals surface area contributed by atoms with Crippen LogP contribution >= 0.6 is 0 Å². The van der Waals surface area contributed by atoms with E-state index in [-0.39, 0.29) is 17.8 Å². The van der Waals surface area contributed by atoms with Gasteiger partial charge in [0.1, 0.15) is 5.82 Å². The van der Waals surface area contributed by atoms with Crippen molar-refractivity contribution in [3.05, 3.63) is 42.5 Å². The summed E-state index contributed by atoms with van der Waals surface area (Å²) in [5, 5.41) is 13.3. The molecule has 4 heterocycles. The Bertz CT molecular complexity index is 810. The van der Waals surface area contributed by atoms with Gasteiger partial charge in [-0.05, 0) is 56.1 Å². The summed E-state index contributed by atoms with van der Waals surface area (Å²) < 4.78 is 5.10. The second kappa shape index (κ2) is 10.3. The molecule has 168 valence electrons. The number of hydrogen-bond donors (Lipinski definition) is 2. The maximum atomic E-state index is 12.1. The number of rotatable bonds is 7. The molecular formula is C23H33N5O3. The maximum absolute atomic E-state index is 12.1. The van der Waals surface area contributed by atoms with Crippen molar-refractivity contribution in [3.63, 3.8) is 0 Å². The van der Waals surface area contributed by atoms with Gasteiger partial charge < -0.3 is 24.6 Å². The van der Waals surface area contributed by atoms with E-state index >= 15 is 0 Å². The number of aliphatic hydroxyl groups is 1. The summed E-state index contributed by atoms with van der Waals surface area (Å²) in [6.45, 7) is 9.60. The van der Waals surface area contributed by atoms with Gasteiger partial charge in [-0.15, -0.1) is 0 Å². The number of β-amino-alcohol motifs (C(OH)–C–C–N with tert-alkyl or cyclic N) is 1. The minimum Gasteiger partial charge on any atom is -0.459 e. The van der Waals surface area contributed by atoms with Gasteiger partial charge in [0.25, 0.3) is 5.91 Å². The van der Waals surface area contributed by atoms with Crippen LogP contribution in [-0.4, -0.2) is 84.3 Å². The van der Waals surface area contributed by atoms with Crippen molar-refractivity contribution in [2.75, 3.05) is 62.6 Å². The molecular weight excluding hydrogens is 394 g/mol. The number of likely N-dealkylation sites (tertiary alicyclic amines) is 1. The second-order valence-corrected chi connectivity index (χ2v) is 8.76. The van der Waals surface area contributed by atoms with E-state index in [1.54, 1.807) is 18.3 Å². The van der Waals surface area contributed by atoms with Crippen molar-refractivity contribution in [2.45, 2.75) is 25.9 Å². The van der Waals surface area contributed by atoms with Crippen LogP contribution in [0.4, 0.5) is 11.5 Å². The first-order valence-corrected chi connectivity index (χ1v) is 11.3. The summed E-state index contributed by atoms with van der Waals surface area (Å²) in [4.78, 5) is 23.5. The molecule has 8 heteroatoms. The summed E-state index contributed by atoms with van der Waals surface area (Å²) in [5.74, 6) is 1.71. The largest absolute Gasteiger partial charge is 0.459 e. The molecule has 2 aliphatic rings. The molecule has 31 heavy (non-hydrogen) atoms. The lowest BCUT2D eigenvalue weighted by Crippen LogP contribution is -2.50. The number of anilines is 2. The van der Waals surface area contributed by atoms with Crippen molar-refractivity contribution in [3.8, 4) is 0 Å². The van der Waals surface area contributed by atoms with Crippen molar-refractivity contribution in [1.82, 2.24) is 14.8 Å². The number of hydrogen-bond acceptors (Lipinski definition) is 7. The van der Waals surface area contributed by atoms with Crippen molar-refractivity contribution < 1.29 is 14.3 Å². The quantitative estimate of drug-likeness (QED) is 0.700. The average Bonchev–Trinajstić information content (AvgIpc) is 3.32. The number of aromatic nitrogens is 1. The van der Waals surface area contributed by atoms with Crippen LogP contribution in [0.2, 0.25) is 0 Å². The second-order valence-electron chi connectivity index (χ2n) is 8.76. The Labute approximate surface area is 183 Å². The van der Waals surface area contributed by atoms with Gasteiger partial charge >= 0.3 is 0 Å². The van der Waals surface area contributed by atoms with Gasteiger partial charge in [-0.25, -0.2) is 4.98 Å². The van der Waals surface area contributed by atoms with Crippen molar-refractivity contribution >= 4 is 17.4 Å². The molecule has 2 aliphatic heterocycles. The third kappa shape index (κ3) is 6.06. The fraction of sp³-hybridized carbons (Fsp3) is 0.565. The van der Waals surface area contributed by atoms with Gasteiger partial charge in [0.05, 0.1) is 24.3 Å². The SMILES string of the molecule is CC1CCN(CC(O)CN2CCN(c3ccc(NC(=O)c4ccco4)cn3)CC2)CC1. The normalized spacial score (nSPS) is 20.0. The van der Waals surface area contributed by atoms with E-state index in [1.807, 2.05) is 12.1 Å². The number of nitrogens with zero attached hydrogens (tertiary/aromatic N) is 4. The molecule has 0 aliphatic carbocycles. The highest BCUT2D eigenvalue weighted by atomic mass is 16.3. The fourth-order valence-electron chi connectivity index (χ4n) is 4.31. The van der Waals surface area contributed by atoms with E-state index in [4.69, 9.17) is 4.42 Å². The van der Waals surface area contributed by atoms with E-state index in [1.165, 1.54) is 19.1 Å². The molecule has 2 saturated heterocycles. The molecule has 0 saturated carbocycles. The van der Waals surface area contributed by atoms with Crippen LogP contribution in [0.5, 0.6) is 0 Å². The summed E-state index contributed by atoms with van der Waals surface area (Å²) in [6, 6.07) is 7.10. The Morgan fingerprint density at radius 2 is 1.84 bits per heavy atom. The van der Waals surface area contributed by atoms with Crippen molar-refractivity contribution in [1.29, 1.82) is 0 Å². The number of amides is 1. The molecule has 1 unspecified atom stereocenters. The summed E-state index contributed by atoms with van der Waals surface area (Å²) in [6.07, 6.45) is 5.33. The van der Waals surface area contributed by atoms with Crippen LogP contribution in [0.1, 0.15) is 30.3 Å². The topological polar surface area (TPSA) is 85.1 Å². The van der Waals surface area contributed by atoms with E-state index in [9.17, 15) is 9.90 Å². The summed E-state index contributed by atoms with van der Waals surface area (Å²) >= 11 is 0. The lowest BCUT2D eigenvalue weighted by Gasteiger charge is -2.37. The third-order valence-corrected chi connectivity index (χ3v) is 6.26. The fourth-order valence-corrected chi connectivity index (χ4v) is 4.31. The van der Waals surface area contributed by atoms with Crippen LogP contribution in [0, 0.1) is 5.92 Å². The van der Waals surface area contributed by atoms with E-state index in [0.29, 0.717) is 5.69 Å². The highest BCUT2D eigenvalue weighted by Gasteiger charge is 2.23. The lowest BCUT2D eigenvalue weighted by atomic mass is 9.99. The zero-order valence-corrected chi connectivity index (χ0v) is 18.2. The van der Waals surface area contributed by atoms with Crippen LogP contribution in [0.3, 0.4) is 0 Å². The van der Waals surface area contributed by atoms with Crippen LogP contribution < -0.4 is 10.2 Å². The zero-order chi connectivity index (χ0) is 21.6. The van der Waals surface area contributed by atoms with Gasteiger partial charge in [0.15, 0.2) is 5.76 Å². The zero-order valence-electron chi connectivity index (χ0n) is 18.2. The molecule has 8 nitrogen and oxygen atoms in total. The standard InChI is InChI=1S/C23H33N5O3/c1-18-6-8-26(9-7-18)16-20(29)17-27-10-12-28(13-11-27)22-5-4-19(15-24-22)25-23(30)21-3-2-14-31-21/h2-5,14-15,18,20,29H,6-13,16-17H2,1H3,(H,25,30). The van der Waals surface area contributed by atoms with E-state index in [2.05, 4.69) is 31.9 Å². The Morgan fingerprint density at radius 3 is 2.45 bits per heavy atom. The Hall–Kier alpha value is -2.42. The van der Waals surface area contributed by atoms with E-state index < -0.39 is 0 Å². The number of piperazine rings is 1. The summed E-state index contributed by atoms with van der Waals surface area (Å²) in [5.41, 5.74) is 0.638. The van der Waals surface area contributed by atoms with Crippen LogP contribution in [0.25, 0.3) is 0 Å². The number of furan rings is 1. The molecule has 0 radical (unpaired) electrons. The molecule has 2 fully saturated rings. The summed E-state index contributed by atoms with van der Waals surface area (Å²) in [7, 11) is 0. The number of carbonyl (C=O) groups excluding carboxylic acids is 1. The minimum atomic E-state index is -0.296. The Kier molecular flexibility index (Phi) is 7.21. The number of piperidine rings is 1. The first-order valence-electron chi connectivity index (χ1n) is 11.3. The van der Waals surface area contributed by atoms with Gasteiger partial charge in [-0.2, -0.15) is 0 Å². The number of carbonyl (C=O) groups is 1. The Balaban J connectivity index is 1.20. The lowest BCUT2D eigenvalue weighted by molar-refractivity contribution is 0.0597. The molecule has 0 bridgehead atoms. The number of nitrogens with one attached hydrogen (secondary N) is 1. The van der Waals surface area contributed by atoms with Crippen LogP contribution in [-0.2, 0) is 0 Å². The predicted molar refractivity (Wildman–Crippen MR) is 120 cm³/mol. The van der Waals surface area contributed by atoms with Crippen LogP contribution in [0.15, 0.2) is 41.1 Å². The minimum absolute atomic E-state index is 0.275. The molecule has 0 spiro atoms. The molecule has 2 N–H and O–H groups in total. The van der Waals surface area contributed by atoms with Crippen molar-refractivity contribution in [2.24, 2.45) is 5.92 Å². The molecule has 0 aromatic carbocycles. The number of pyridine rings is 1. The van der Waals surface area contributed by atoms with Gasteiger partial charge in [0, 0.05) is 39.3 Å². The molecule has 2 aromatic rings. The predicted octanol–water partition coefficient (Wildman–Crippen LogP) is 2.14. The number of aliphatic hydroxyl groups excluding tert-OH is 1. The maximum Gasteiger partial charge on any atom is 0.291 e.